The van der Waals surface area contributed by atoms with Gasteiger partial charge < -0.3 is 19.3 Å². The molecular formula is C39H38N6O6. The summed E-state index contributed by atoms with van der Waals surface area (Å²) in [5, 5.41) is 3.26. The molecule has 0 atom stereocenters. The highest BCUT2D eigenvalue weighted by Gasteiger charge is 2.40. The van der Waals surface area contributed by atoms with Gasteiger partial charge in [-0.1, -0.05) is 24.3 Å². The molecule has 6 heterocycles. The number of carbonyl (C=O) groups excluding carboxylic acids is 4. The van der Waals surface area contributed by atoms with Crippen LogP contribution >= 0.6 is 0 Å². The van der Waals surface area contributed by atoms with Gasteiger partial charge >= 0.3 is 0 Å². The number of hydrogen-bond donors (Lipinski definition) is 0. The fraction of sp³-hybridized carbons (Fsp3) is 0.385. The Hall–Kier alpha value is -4.88. The van der Waals surface area contributed by atoms with E-state index in [1.807, 2.05) is 48.5 Å². The summed E-state index contributed by atoms with van der Waals surface area (Å²) in [7, 11) is 0. The van der Waals surface area contributed by atoms with Crippen LogP contribution in [0.5, 0.6) is 0 Å². The minimum atomic E-state index is -0.255. The molecule has 4 amide bonds. The second kappa shape index (κ2) is 11.8. The van der Waals surface area contributed by atoms with Crippen LogP contribution in [0.25, 0.3) is 21.5 Å². The topological polar surface area (TPSA) is 106 Å². The molecular weight excluding hydrogens is 648 g/mol. The maximum Gasteiger partial charge on any atom is 0.261 e. The van der Waals surface area contributed by atoms with Crippen molar-refractivity contribution >= 4 is 56.5 Å². The predicted molar refractivity (Wildman–Crippen MR) is 190 cm³/mol. The van der Waals surface area contributed by atoms with Crippen LogP contribution < -0.4 is 9.80 Å². The lowest BCUT2D eigenvalue weighted by Crippen LogP contribution is -2.49. The molecule has 6 aliphatic heterocycles. The summed E-state index contributed by atoms with van der Waals surface area (Å²) in [5.41, 5.74) is 6.32. The van der Waals surface area contributed by atoms with Crippen molar-refractivity contribution in [3.05, 3.63) is 81.9 Å². The molecule has 4 aromatic rings. The van der Waals surface area contributed by atoms with Crippen molar-refractivity contribution in [2.75, 3.05) is 95.3 Å². The molecule has 0 aromatic heterocycles. The normalized spacial score (nSPS) is 20.5. The van der Waals surface area contributed by atoms with E-state index in [1.165, 1.54) is 9.80 Å². The van der Waals surface area contributed by atoms with Gasteiger partial charge in [0.1, 0.15) is 0 Å². The van der Waals surface area contributed by atoms with Crippen LogP contribution in [0.15, 0.2) is 48.5 Å². The van der Waals surface area contributed by atoms with E-state index in [1.54, 1.807) is 0 Å². The third kappa shape index (κ3) is 4.73. The number of nitrogens with zero attached hydrogens (tertiary/aromatic N) is 6. The van der Waals surface area contributed by atoms with Crippen molar-refractivity contribution < 1.29 is 28.7 Å². The van der Waals surface area contributed by atoms with Crippen molar-refractivity contribution in [1.29, 1.82) is 0 Å². The molecule has 12 nitrogen and oxygen atoms in total. The molecule has 2 saturated heterocycles. The van der Waals surface area contributed by atoms with Gasteiger partial charge in [-0.15, -0.1) is 0 Å². The SMILES string of the molecule is O=C1c2cccc3c4c(cc(c23)C(=O)N1CCN1CCOCC1)N1Cc2cc3c5c(cccc5c2N(C4)C1)C(=O)N(CCN1CCOCC1)C3=O. The van der Waals surface area contributed by atoms with E-state index in [2.05, 4.69) is 19.6 Å². The van der Waals surface area contributed by atoms with E-state index in [0.29, 0.717) is 94.6 Å². The molecule has 0 unspecified atom stereocenters. The number of amides is 4. The largest absolute Gasteiger partial charge is 0.379 e. The van der Waals surface area contributed by atoms with E-state index < -0.39 is 0 Å². The Balaban J connectivity index is 1.01. The molecule has 10 rings (SSSR count). The number of rotatable bonds is 6. The molecule has 0 N–H and O–H groups in total. The number of ether oxygens (including phenoxy) is 2. The van der Waals surface area contributed by atoms with Crippen LogP contribution in [0.4, 0.5) is 11.4 Å². The number of imide groups is 2. The Morgan fingerprint density at radius 1 is 0.549 bits per heavy atom. The number of hydrogen-bond acceptors (Lipinski definition) is 10. The lowest BCUT2D eigenvalue weighted by Gasteiger charge is -2.46. The molecule has 12 heteroatoms. The fourth-order valence-electron chi connectivity index (χ4n) is 9.01. The van der Waals surface area contributed by atoms with Crippen molar-refractivity contribution in [2.45, 2.75) is 13.1 Å². The third-order valence-corrected chi connectivity index (χ3v) is 11.6. The summed E-state index contributed by atoms with van der Waals surface area (Å²) >= 11 is 0. The molecule has 6 aliphatic rings. The van der Waals surface area contributed by atoms with Crippen molar-refractivity contribution in [3.63, 3.8) is 0 Å². The summed E-state index contributed by atoms with van der Waals surface area (Å²) in [6.45, 7) is 9.36. The third-order valence-electron chi connectivity index (χ3n) is 11.6. The molecule has 4 aromatic carbocycles. The van der Waals surface area contributed by atoms with E-state index in [9.17, 15) is 19.2 Å². The van der Waals surface area contributed by atoms with E-state index in [4.69, 9.17) is 9.47 Å². The standard InChI is InChI=1S/C39H38N6O6/c46-36-27-5-1-3-25-31-22-43-23-42(32(31)20-30(33(25)27)39(49)45(36)10-8-41-13-17-51-18-14-41)21-24-19-29-34-26(35(24)43)4-2-6-28(34)37(47)44(38(29)48)9-7-40-11-15-50-16-12-40/h1-6,19-20H,7-18,21-23H2. The highest BCUT2D eigenvalue weighted by Crippen LogP contribution is 2.47. The monoisotopic (exact) mass is 686 g/mol. The molecule has 0 aliphatic carbocycles. The second-order valence-corrected chi connectivity index (χ2v) is 14.3. The zero-order valence-electron chi connectivity index (χ0n) is 28.4. The molecule has 0 spiro atoms. The summed E-state index contributed by atoms with van der Waals surface area (Å²) < 4.78 is 11.0. The van der Waals surface area contributed by atoms with Crippen molar-refractivity contribution in [2.24, 2.45) is 0 Å². The van der Waals surface area contributed by atoms with Crippen molar-refractivity contribution in [3.8, 4) is 0 Å². The molecule has 0 saturated carbocycles. The summed E-state index contributed by atoms with van der Waals surface area (Å²) in [6.07, 6.45) is 0. The van der Waals surface area contributed by atoms with Crippen molar-refractivity contribution in [1.82, 2.24) is 19.6 Å². The molecule has 260 valence electrons. The van der Waals surface area contributed by atoms with Gasteiger partial charge in [0, 0.05) is 110 Å². The number of benzene rings is 4. The fourth-order valence-corrected chi connectivity index (χ4v) is 9.01. The highest BCUT2D eigenvalue weighted by atomic mass is 16.5. The lowest BCUT2D eigenvalue weighted by atomic mass is 9.86. The average Bonchev–Trinajstić information content (AvgIpc) is 3.16. The Bertz CT molecular complexity index is 2190. The lowest BCUT2D eigenvalue weighted by molar-refractivity contribution is 0.0311. The Morgan fingerprint density at radius 3 is 1.69 bits per heavy atom. The Morgan fingerprint density at radius 2 is 1.08 bits per heavy atom. The van der Waals surface area contributed by atoms with E-state index >= 15 is 0 Å². The average molecular weight is 687 g/mol. The minimum Gasteiger partial charge on any atom is -0.379 e. The van der Waals surface area contributed by atoms with Gasteiger partial charge in [-0.2, -0.15) is 0 Å². The van der Waals surface area contributed by atoms with Gasteiger partial charge in [0.2, 0.25) is 0 Å². The minimum absolute atomic E-state index is 0.248. The summed E-state index contributed by atoms with van der Waals surface area (Å²) in [6, 6.07) is 15.5. The maximum absolute atomic E-state index is 14.1. The van der Waals surface area contributed by atoms with E-state index in [-0.39, 0.29) is 23.6 Å². The first-order valence-corrected chi connectivity index (χ1v) is 18.0. The molecule has 2 fully saturated rings. The number of morpholine rings is 2. The van der Waals surface area contributed by atoms with Gasteiger partial charge in [0.25, 0.3) is 23.6 Å². The van der Waals surface area contributed by atoms with Gasteiger partial charge in [0.15, 0.2) is 0 Å². The zero-order chi connectivity index (χ0) is 34.4. The number of carbonyl (C=O) groups is 4. The highest BCUT2D eigenvalue weighted by molar-refractivity contribution is 6.28. The van der Waals surface area contributed by atoms with Gasteiger partial charge in [-0.3, -0.25) is 38.8 Å². The maximum atomic E-state index is 14.1. The van der Waals surface area contributed by atoms with Gasteiger partial charge in [-0.05, 0) is 35.2 Å². The zero-order valence-corrected chi connectivity index (χ0v) is 28.4. The number of anilines is 2. The summed E-state index contributed by atoms with van der Waals surface area (Å²) in [4.78, 5) is 67.7. The van der Waals surface area contributed by atoms with Crippen LogP contribution in [0.3, 0.4) is 0 Å². The molecule has 2 bridgehead atoms. The van der Waals surface area contributed by atoms with Crippen LogP contribution in [0.1, 0.15) is 52.6 Å². The van der Waals surface area contributed by atoms with E-state index in [0.717, 1.165) is 70.2 Å². The van der Waals surface area contributed by atoms with Crippen LogP contribution in [-0.2, 0) is 22.6 Å². The Kier molecular flexibility index (Phi) is 7.18. The first-order valence-electron chi connectivity index (χ1n) is 18.0. The summed E-state index contributed by atoms with van der Waals surface area (Å²) in [5.74, 6) is -1.00. The van der Waals surface area contributed by atoms with Crippen LogP contribution in [0, 0.1) is 0 Å². The van der Waals surface area contributed by atoms with Gasteiger partial charge in [-0.25, -0.2) is 0 Å². The smallest absolute Gasteiger partial charge is 0.261 e. The first-order chi connectivity index (χ1) is 25.0. The Labute approximate surface area is 294 Å². The predicted octanol–water partition coefficient (Wildman–Crippen LogP) is 3.15. The van der Waals surface area contributed by atoms with Crippen LogP contribution in [-0.4, -0.2) is 129 Å². The quantitative estimate of drug-likeness (QED) is 0.281. The number of fused-ring (bicyclic) bond motifs is 8. The van der Waals surface area contributed by atoms with Gasteiger partial charge in [0.05, 0.1) is 44.3 Å². The molecule has 0 radical (unpaired) electrons. The second-order valence-electron chi connectivity index (χ2n) is 14.3. The van der Waals surface area contributed by atoms with Crippen LogP contribution in [0.2, 0.25) is 0 Å². The first kappa shape index (κ1) is 30.9. The molecule has 51 heavy (non-hydrogen) atoms.